The number of unbranched alkanes of at least 4 members (excludes halogenated alkanes) is 1. The molecule has 1 amide bonds. The summed E-state index contributed by atoms with van der Waals surface area (Å²) in [5.74, 6) is -0.0437. The van der Waals surface area contributed by atoms with Crippen molar-refractivity contribution in [3.05, 3.63) is 0 Å². The molecule has 0 aromatic heterocycles. The Balaban J connectivity index is 3.40. The fraction of sp³-hybridized carbons (Fsp3) is 0.889. The molecule has 0 radical (unpaired) electrons. The van der Waals surface area contributed by atoms with Crippen molar-refractivity contribution in [1.82, 2.24) is 5.32 Å². The van der Waals surface area contributed by atoms with Crippen molar-refractivity contribution in [2.45, 2.75) is 52.2 Å². The van der Waals surface area contributed by atoms with Gasteiger partial charge in [-0.2, -0.15) is 0 Å². The van der Waals surface area contributed by atoms with E-state index in [0.717, 1.165) is 19.3 Å². The van der Waals surface area contributed by atoms with Crippen molar-refractivity contribution in [3.63, 3.8) is 0 Å². The van der Waals surface area contributed by atoms with E-state index in [1.807, 2.05) is 13.8 Å². The second kappa shape index (κ2) is 7.10. The number of hydrogen-bond acceptors (Lipinski definition) is 2. The van der Waals surface area contributed by atoms with Gasteiger partial charge in [0.05, 0.1) is 0 Å². The molecule has 0 heterocycles. The van der Waals surface area contributed by atoms with E-state index in [1.54, 1.807) is 0 Å². The molecule has 0 saturated carbocycles. The average Bonchev–Trinajstić information content (AvgIpc) is 2.01. The molecule has 0 aliphatic carbocycles. The highest BCUT2D eigenvalue weighted by Gasteiger charge is 2.05. The minimum Gasteiger partial charge on any atom is -0.374 e. The van der Waals surface area contributed by atoms with Gasteiger partial charge < -0.3 is 10.4 Å². The normalized spacial score (nSPS) is 12.6. The van der Waals surface area contributed by atoms with Gasteiger partial charge in [-0.3, -0.25) is 4.79 Å². The summed E-state index contributed by atoms with van der Waals surface area (Å²) in [6.45, 7) is 4.01. The number of aliphatic hydroxyl groups is 1. The SMILES string of the molecule is CCCCC(=O)NC(O)CCC. The first-order valence-corrected chi connectivity index (χ1v) is 4.68. The standard InChI is InChI=1S/C9H19NO2/c1-3-5-7-9(12)10-8(11)6-4-2/h8,11H,3-7H2,1-2H3,(H,10,12). The van der Waals surface area contributed by atoms with Gasteiger partial charge in [-0.15, -0.1) is 0 Å². The number of carbonyl (C=O) groups excluding carboxylic acids is 1. The van der Waals surface area contributed by atoms with Crippen LogP contribution in [0.3, 0.4) is 0 Å². The smallest absolute Gasteiger partial charge is 0.221 e. The number of amides is 1. The third-order valence-corrected chi connectivity index (χ3v) is 1.65. The highest BCUT2D eigenvalue weighted by Crippen LogP contribution is 1.96. The molecule has 0 aliphatic heterocycles. The Labute approximate surface area is 74.2 Å². The number of carbonyl (C=O) groups is 1. The molecule has 0 fully saturated rings. The zero-order valence-corrected chi connectivity index (χ0v) is 7.97. The molecule has 1 atom stereocenters. The van der Waals surface area contributed by atoms with Crippen LogP contribution in [0.2, 0.25) is 0 Å². The van der Waals surface area contributed by atoms with Gasteiger partial charge in [0.2, 0.25) is 5.91 Å². The van der Waals surface area contributed by atoms with Crippen LogP contribution in [0.1, 0.15) is 46.0 Å². The maximum absolute atomic E-state index is 11.0. The van der Waals surface area contributed by atoms with Crippen LogP contribution in [0.25, 0.3) is 0 Å². The molecule has 0 bridgehead atoms. The molecule has 2 N–H and O–H groups in total. The lowest BCUT2D eigenvalue weighted by Gasteiger charge is -2.10. The van der Waals surface area contributed by atoms with Crippen LogP contribution >= 0.6 is 0 Å². The van der Waals surface area contributed by atoms with E-state index >= 15 is 0 Å². The van der Waals surface area contributed by atoms with E-state index in [4.69, 9.17) is 0 Å². The van der Waals surface area contributed by atoms with Crippen LogP contribution in [-0.4, -0.2) is 17.2 Å². The first kappa shape index (κ1) is 11.4. The van der Waals surface area contributed by atoms with E-state index in [0.29, 0.717) is 12.8 Å². The molecular weight excluding hydrogens is 154 g/mol. The maximum Gasteiger partial charge on any atom is 0.221 e. The van der Waals surface area contributed by atoms with E-state index in [2.05, 4.69) is 5.32 Å². The molecule has 0 rings (SSSR count). The van der Waals surface area contributed by atoms with Crippen LogP contribution < -0.4 is 5.32 Å². The third kappa shape index (κ3) is 6.16. The summed E-state index contributed by atoms with van der Waals surface area (Å²) in [6, 6.07) is 0. The molecule has 1 unspecified atom stereocenters. The Hall–Kier alpha value is -0.570. The molecule has 3 nitrogen and oxygen atoms in total. The fourth-order valence-corrected chi connectivity index (χ4v) is 0.941. The van der Waals surface area contributed by atoms with Gasteiger partial charge in [0.15, 0.2) is 0 Å². The monoisotopic (exact) mass is 173 g/mol. The van der Waals surface area contributed by atoms with Gasteiger partial charge in [-0.1, -0.05) is 26.7 Å². The summed E-state index contributed by atoms with van der Waals surface area (Å²) in [4.78, 5) is 11.0. The quantitative estimate of drug-likeness (QED) is 0.597. The number of rotatable bonds is 6. The van der Waals surface area contributed by atoms with Crippen LogP contribution in [0.5, 0.6) is 0 Å². The minimum absolute atomic E-state index is 0.0437. The molecule has 0 saturated heterocycles. The summed E-state index contributed by atoms with van der Waals surface area (Å²) in [5.41, 5.74) is 0. The second-order valence-electron chi connectivity index (χ2n) is 2.98. The van der Waals surface area contributed by atoms with Crippen molar-refractivity contribution in [1.29, 1.82) is 0 Å². The largest absolute Gasteiger partial charge is 0.374 e. The first-order valence-electron chi connectivity index (χ1n) is 4.68. The molecular formula is C9H19NO2. The molecule has 72 valence electrons. The summed E-state index contributed by atoms with van der Waals surface area (Å²) < 4.78 is 0. The molecule has 0 aliphatic rings. The van der Waals surface area contributed by atoms with Crippen molar-refractivity contribution < 1.29 is 9.90 Å². The highest BCUT2D eigenvalue weighted by molar-refractivity contribution is 5.75. The number of nitrogens with one attached hydrogen (secondary N) is 1. The van der Waals surface area contributed by atoms with Gasteiger partial charge in [0.1, 0.15) is 6.23 Å². The van der Waals surface area contributed by atoms with E-state index < -0.39 is 6.23 Å². The molecule has 3 heteroatoms. The van der Waals surface area contributed by atoms with E-state index in [1.165, 1.54) is 0 Å². The fourth-order valence-electron chi connectivity index (χ4n) is 0.941. The Bertz CT molecular complexity index is 126. The molecule has 12 heavy (non-hydrogen) atoms. The highest BCUT2D eigenvalue weighted by atomic mass is 16.3. The van der Waals surface area contributed by atoms with Gasteiger partial charge >= 0.3 is 0 Å². The Morgan fingerprint density at radius 1 is 1.42 bits per heavy atom. The Morgan fingerprint density at radius 3 is 2.58 bits per heavy atom. The summed E-state index contributed by atoms with van der Waals surface area (Å²) >= 11 is 0. The second-order valence-corrected chi connectivity index (χ2v) is 2.98. The molecule has 0 spiro atoms. The first-order chi connectivity index (χ1) is 5.70. The Kier molecular flexibility index (Phi) is 6.76. The topological polar surface area (TPSA) is 49.3 Å². The minimum atomic E-state index is -0.653. The van der Waals surface area contributed by atoms with Gasteiger partial charge in [0, 0.05) is 6.42 Å². The van der Waals surface area contributed by atoms with Gasteiger partial charge in [-0.25, -0.2) is 0 Å². The lowest BCUT2D eigenvalue weighted by molar-refractivity contribution is -0.124. The lowest BCUT2D eigenvalue weighted by Crippen LogP contribution is -2.34. The van der Waals surface area contributed by atoms with E-state index in [-0.39, 0.29) is 5.91 Å². The third-order valence-electron chi connectivity index (χ3n) is 1.65. The van der Waals surface area contributed by atoms with Gasteiger partial charge in [0.25, 0.3) is 0 Å². The zero-order chi connectivity index (χ0) is 9.40. The lowest BCUT2D eigenvalue weighted by atomic mass is 10.2. The Morgan fingerprint density at radius 2 is 2.08 bits per heavy atom. The zero-order valence-electron chi connectivity index (χ0n) is 7.97. The van der Waals surface area contributed by atoms with Crippen LogP contribution in [-0.2, 0) is 4.79 Å². The summed E-state index contributed by atoms with van der Waals surface area (Å²) in [7, 11) is 0. The van der Waals surface area contributed by atoms with Crippen LogP contribution in [0.4, 0.5) is 0 Å². The van der Waals surface area contributed by atoms with Crippen LogP contribution in [0, 0.1) is 0 Å². The van der Waals surface area contributed by atoms with Crippen molar-refractivity contribution in [2.24, 2.45) is 0 Å². The summed E-state index contributed by atoms with van der Waals surface area (Å²) in [5, 5.41) is 11.7. The van der Waals surface area contributed by atoms with Crippen molar-refractivity contribution in [3.8, 4) is 0 Å². The summed E-state index contributed by atoms with van der Waals surface area (Å²) in [6.07, 6.45) is 3.30. The number of hydrogen-bond donors (Lipinski definition) is 2. The predicted octanol–water partition coefficient (Wildman–Crippen LogP) is 1.41. The average molecular weight is 173 g/mol. The molecule has 0 aromatic rings. The molecule has 0 aromatic carbocycles. The predicted molar refractivity (Wildman–Crippen MR) is 48.6 cm³/mol. The van der Waals surface area contributed by atoms with Crippen LogP contribution in [0.15, 0.2) is 0 Å². The maximum atomic E-state index is 11.0. The van der Waals surface area contributed by atoms with Crippen molar-refractivity contribution >= 4 is 5.91 Å². The van der Waals surface area contributed by atoms with Gasteiger partial charge in [-0.05, 0) is 12.8 Å². The van der Waals surface area contributed by atoms with Crippen molar-refractivity contribution in [2.75, 3.05) is 0 Å². The van der Waals surface area contributed by atoms with E-state index in [9.17, 15) is 9.90 Å². The number of aliphatic hydroxyl groups excluding tert-OH is 1.